The molecule has 1 unspecified atom stereocenters. The van der Waals surface area contributed by atoms with E-state index in [1.165, 1.54) is 4.88 Å². The number of aliphatic imine (C=N–C) groups is 1. The molecule has 0 radical (unpaired) electrons. The van der Waals surface area contributed by atoms with Crippen LogP contribution in [0.3, 0.4) is 0 Å². The van der Waals surface area contributed by atoms with Crippen molar-refractivity contribution in [3.8, 4) is 5.75 Å². The molecule has 8 heteroatoms. The van der Waals surface area contributed by atoms with Crippen molar-refractivity contribution in [2.45, 2.75) is 39.3 Å². The van der Waals surface area contributed by atoms with Gasteiger partial charge < -0.3 is 20.3 Å². The number of benzene rings is 1. The molecule has 0 aliphatic carbocycles. The fourth-order valence-corrected chi connectivity index (χ4v) is 4.24. The summed E-state index contributed by atoms with van der Waals surface area (Å²) in [6.45, 7) is 6.83. The summed E-state index contributed by atoms with van der Waals surface area (Å²) in [4.78, 5) is 12.6. The number of halogens is 1. The number of hydrogen-bond donors (Lipinski definition) is 2. The molecule has 3 rings (SSSR count). The first-order chi connectivity index (χ1) is 13.1. The minimum Gasteiger partial charge on any atom is -0.495 e. The smallest absolute Gasteiger partial charge is 0.191 e. The van der Waals surface area contributed by atoms with Crippen molar-refractivity contribution in [3.05, 3.63) is 39.8 Å². The van der Waals surface area contributed by atoms with E-state index in [-0.39, 0.29) is 24.0 Å². The topological polar surface area (TPSA) is 61.8 Å². The SMILES string of the molecule is CN=C(NCc1nc(C)c(C)s1)NC1CCCN(c2ccccc2OC)C1.I. The van der Waals surface area contributed by atoms with Gasteiger partial charge in [0.15, 0.2) is 5.96 Å². The maximum Gasteiger partial charge on any atom is 0.191 e. The van der Waals surface area contributed by atoms with Crippen LogP contribution < -0.4 is 20.3 Å². The van der Waals surface area contributed by atoms with E-state index in [1.54, 1.807) is 18.4 Å². The van der Waals surface area contributed by atoms with Crippen LogP contribution in [-0.2, 0) is 6.54 Å². The second kappa shape index (κ2) is 10.8. The molecule has 2 N–H and O–H groups in total. The molecule has 2 aromatic rings. The van der Waals surface area contributed by atoms with Crippen LogP contribution in [0, 0.1) is 13.8 Å². The standard InChI is InChI=1S/C20H29N5OS.HI/c1-14-15(2)27-19(23-14)12-22-20(21-3)24-16-8-7-11-25(13-16)17-9-5-6-10-18(17)26-4;/h5-6,9-10,16H,7-8,11-13H2,1-4H3,(H2,21,22,24);1H. The lowest BCUT2D eigenvalue weighted by molar-refractivity contribution is 0.408. The minimum atomic E-state index is 0. The average Bonchev–Trinajstić information content (AvgIpc) is 3.02. The third-order valence-electron chi connectivity index (χ3n) is 4.89. The molecule has 0 bridgehead atoms. The van der Waals surface area contributed by atoms with Crippen molar-refractivity contribution in [1.29, 1.82) is 0 Å². The van der Waals surface area contributed by atoms with Crippen molar-refractivity contribution in [2.75, 3.05) is 32.1 Å². The van der Waals surface area contributed by atoms with E-state index in [2.05, 4.69) is 51.5 Å². The molecular weight excluding hydrogens is 485 g/mol. The lowest BCUT2D eigenvalue weighted by Gasteiger charge is -2.36. The first-order valence-corrected chi connectivity index (χ1v) is 10.2. The number of methoxy groups -OCH3 is 1. The molecule has 2 heterocycles. The normalized spacial score (nSPS) is 17.1. The molecule has 1 aromatic heterocycles. The van der Waals surface area contributed by atoms with Gasteiger partial charge in [0.2, 0.25) is 0 Å². The van der Waals surface area contributed by atoms with Gasteiger partial charge in [0.1, 0.15) is 10.8 Å². The van der Waals surface area contributed by atoms with Crippen LogP contribution in [-0.4, -0.2) is 44.2 Å². The summed E-state index contributed by atoms with van der Waals surface area (Å²) in [7, 11) is 3.54. The van der Waals surface area contributed by atoms with Gasteiger partial charge in [-0.2, -0.15) is 0 Å². The second-order valence-corrected chi connectivity index (χ2v) is 8.06. The Labute approximate surface area is 188 Å². The van der Waals surface area contributed by atoms with E-state index >= 15 is 0 Å². The van der Waals surface area contributed by atoms with E-state index in [0.29, 0.717) is 12.6 Å². The Morgan fingerprint density at radius 3 is 2.82 bits per heavy atom. The molecule has 154 valence electrons. The van der Waals surface area contributed by atoms with Crippen LogP contribution >= 0.6 is 35.3 Å². The zero-order chi connectivity index (χ0) is 19.2. The number of anilines is 1. The van der Waals surface area contributed by atoms with E-state index in [1.807, 2.05) is 19.2 Å². The van der Waals surface area contributed by atoms with E-state index in [4.69, 9.17) is 4.74 Å². The average molecular weight is 515 g/mol. The molecule has 1 aromatic carbocycles. The quantitative estimate of drug-likeness (QED) is 0.361. The van der Waals surface area contributed by atoms with Gasteiger partial charge in [0.05, 0.1) is 25.0 Å². The molecule has 28 heavy (non-hydrogen) atoms. The summed E-state index contributed by atoms with van der Waals surface area (Å²) in [5, 5.41) is 8.05. The van der Waals surface area contributed by atoms with Gasteiger partial charge in [-0.25, -0.2) is 4.98 Å². The number of ether oxygens (including phenoxy) is 1. The molecule has 0 amide bonds. The number of nitrogens with one attached hydrogen (secondary N) is 2. The molecule has 1 saturated heterocycles. The highest BCUT2D eigenvalue weighted by atomic mass is 127. The summed E-state index contributed by atoms with van der Waals surface area (Å²) < 4.78 is 5.53. The molecule has 1 aliphatic heterocycles. The monoisotopic (exact) mass is 515 g/mol. The number of rotatable bonds is 5. The maximum atomic E-state index is 5.53. The third kappa shape index (κ3) is 5.73. The Kier molecular flexibility index (Phi) is 8.81. The highest BCUT2D eigenvalue weighted by Crippen LogP contribution is 2.29. The zero-order valence-corrected chi connectivity index (χ0v) is 20.1. The Bertz CT molecular complexity index is 775. The van der Waals surface area contributed by atoms with Crippen LogP contribution in [0.5, 0.6) is 5.75 Å². The summed E-state index contributed by atoms with van der Waals surface area (Å²) in [6.07, 6.45) is 2.26. The molecule has 0 saturated carbocycles. The Morgan fingerprint density at radius 2 is 2.14 bits per heavy atom. The van der Waals surface area contributed by atoms with Gasteiger partial charge in [0.25, 0.3) is 0 Å². The van der Waals surface area contributed by atoms with Crippen molar-refractivity contribution in [1.82, 2.24) is 15.6 Å². The number of piperidine rings is 1. The largest absolute Gasteiger partial charge is 0.495 e. The fourth-order valence-electron chi connectivity index (χ4n) is 3.37. The molecule has 6 nitrogen and oxygen atoms in total. The van der Waals surface area contributed by atoms with Gasteiger partial charge in [0, 0.05) is 31.1 Å². The first kappa shape index (κ1) is 22.7. The summed E-state index contributed by atoms with van der Waals surface area (Å²) in [5.74, 6) is 1.75. The van der Waals surface area contributed by atoms with Crippen LogP contribution in [0.1, 0.15) is 28.4 Å². The molecule has 1 fully saturated rings. The third-order valence-corrected chi connectivity index (χ3v) is 5.96. The van der Waals surface area contributed by atoms with Crippen molar-refractivity contribution in [3.63, 3.8) is 0 Å². The van der Waals surface area contributed by atoms with Gasteiger partial charge in [-0.15, -0.1) is 35.3 Å². The number of aryl methyl sites for hydroxylation is 2. The Balaban J connectivity index is 0.00000280. The highest BCUT2D eigenvalue weighted by molar-refractivity contribution is 14.0. The molecule has 0 spiro atoms. The fraction of sp³-hybridized carbons (Fsp3) is 0.500. The van der Waals surface area contributed by atoms with Crippen LogP contribution in [0.15, 0.2) is 29.3 Å². The van der Waals surface area contributed by atoms with Gasteiger partial charge in [-0.3, -0.25) is 4.99 Å². The predicted molar refractivity (Wildman–Crippen MR) is 129 cm³/mol. The number of aromatic nitrogens is 1. The van der Waals surface area contributed by atoms with Gasteiger partial charge in [-0.1, -0.05) is 12.1 Å². The lowest BCUT2D eigenvalue weighted by atomic mass is 10.0. The number of nitrogens with zero attached hydrogens (tertiary/aromatic N) is 3. The van der Waals surface area contributed by atoms with Crippen LogP contribution in [0.25, 0.3) is 0 Å². The predicted octanol–water partition coefficient (Wildman–Crippen LogP) is 3.72. The van der Waals surface area contributed by atoms with E-state index < -0.39 is 0 Å². The number of para-hydroxylation sites is 2. The lowest BCUT2D eigenvalue weighted by Crippen LogP contribution is -2.51. The summed E-state index contributed by atoms with van der Waals surface area (Å²) >= 11 is 1.74. The molecular formula is C20H30IN5OS. The minimum absolute atomic E-state index is 0. The van der Waals surface area contributed by atoms with Crippen LogP contribution in [0.4, 0.5) is 5.69 Å². The number of hydrogen-bond acceptors (Lipinski definition) is 5. The summed E-state index contributed by atoms with van der Waals surface area (Å²) in [6, 6.07) is 8.56. The van der Waals surface area contributed by atoms with E-state index in [0.717, 1.165) is 54.0 Å². The van der Waals surface area contributed by atoms with E-state index in [9.17, 15) is 0 Å². The van der Waals surface area contributed by atoms with Crippen molar-refractivity contribution < 1.29 is 4.74 Å². The van der Waals surface area contributed by atoms with Crippen molar-refractivity contribution >= 4 is 47.0 Å². The van der Waals surface area contributed by atoms with Crippen LogP contribution in [0.2, 0.25) is 0 Å². The zero-order valence-electron chi connectivity index (χ0n) is 17.0. The molecule has 1 aliphatic rings. The maximum absolute atomic E-state index is 5.53. The number of guanidine groups is 1. The first-order valence-electron chi connectivity index (χ1n) is 9.38. The Hall–Kier alpha value is -1.55. The Morgan fingerprint density at radius 1 is 1.36 bits per heavy atom. The van der Waals surface area contributed by atoms with Crippen molar-refractivity contribution in [2.24, 2.45) is 4.99 Å². The van der Waals surface area contributed by atoms with Gasteiger partial charge in [-0.05, 0) is 38.8 Å². The summed E-state index contributed by atoms with van der Waals surface area (Å²) in [5.41, 5.74) is 2.27. The van der Waals surface area contributed by atoms with Gasteiger partial charge >= 0.3 is 0 Å². The highest BCUT2D eigenvalue weighted by Gasteiger charge is 2.22. The molecule has 1 atom stereocenters. The number of thiazole rings is 1. The second-order valence-electron chi connectivity index (χ2n) is 6.78.